The second-order valence-corrected chi connectivity index (χ2v) is 5.55. The van der Waals surface area contributed by atoms with Crippen molar-refractivity contribution in [2.24, 2.45) is 0 Å². The van der Waals surface area contributed by atoms with Gasteiger partial charge in [0.2, 0.25) is 0 Å². The summed E-state index contributed by atoms with van der Waals surface area (Å²) in [5, 5.41) is 11.6. The summed E-state index contributed by atoms with van der Waals surface area (Å²) in [7, 11) is 0. The number of rotatable bonds is 10. The van der Waals surface area contributed by atoms with Gasteiger partial charge in [-0.2, -0.15) is 5.10 Å². The summed E-state index contributed by atoms with van der Waals surface area (Å²) < 4.78 is 1.97. The molecule has 21 heavy (non-hydrogen) atoms. The van der Waals surface area contributed by atoms with E-state index < -0.39 is 0 Å². The molecule has 0 fully saturated rings. The molecule has 0 aliphatic heterocycles. The van der Waals surface area contributed by atoms with Crippen molar-refractivity contribution in [1.29, 1.82) is 0 Å². The van der Waals surface area contributed by atoms with Crippen LogP contribution in [0.1, 0.15) is 32.4 Å². The maximum Gasteiger partial charge on any atom is 0.166 e. The van der Waals surface area contributed by atoms with Gasteiger partial charge in [0.05, 0.1) is 5.69 Å². The molecule has 1 heterocycles. The van der Waals surface area contributed by atoms with E-state index in [9.17, 15) is 0 Å². The molecule has 1 aromatic heterocycles. The average molecular weight is 311 g/mol. The Bertz CT molecular complexity index is 401. The monoisotopic (exact) mass is 311 g/mol. The number of aryl methyl sites for hydroxylation is 2. The van der Waals surface area contributed by atoms with E-state index in [0.29, 0.717) is 0 Å². The van der Waals surface area contributed by atoms with Gasteiger partial charge in [-0.25, -0.2) is 0 Å². The maximum atomic E-state index is 5.27. The summed E-state index contributed by atoms with van der Waals surface area (Å²) in [6.07, 6.45) is 4.15. The zero-order chi connectivity index (χ0) is 15.5. The van der Waals surface area contributed by atoms with Crippen LogP contribution in [0.15, 0.2) is 12.3 Å². The molecule has 0 aromatic carbocycles. The molecule has 0 saturated carbocycles. The normalized spacial score (nSPS) is 10.9. The molecular weight excluding hydrogens is 282 g/mol. The summed E-state index contributed by atoms with van der Waals surface area (Å²) in [4.78, 5) is 2.42. The minimum Gasteiger partial charge on any atom is -0.363 e. The highest BCUT2D eigenvalue weighted by Crippen LogP contribution is 1.94. The lowest BCUT2D eigenvalue weighted by Crippen LogP contribution is -2.37. The number of aromatic nitrogens is 2. The van der Waals surface area contributed by atoms with Crippen molar-refractivity contribution in [3.8, 4) is 0 Å². The molecule has 0 saturated heterocycles. The first-order chi connectivity index (χ1) is 10.2. The second-order valence-electron chi connectivity index (χ2n) is 5.14. The van der Waals surface area contributed by atoms with Crippen LogP contribution in [0.25, 0.3) is 0 Å². The van der Waals surface area contributed by atoms with E-state index >= 15 is 0 Å². The third-order valence-electron chi connectivity index (χ3n) is 3.45. The lowest BCUT2D eigenvalue weighted by Gasteiger charge is -2.18. The largest absolute Gasteiger partial charge is 0.363 e. The number of hydrogen-bond acceptors (Lipinski definition) is 3. The molecule has 0 bridgehead atoms. The van der Waals surface area contributed by atoms with Crippen molar-refractivity contribution < 1.29 is 0 Å². The summed E-state index contributed by atoms with van der Waals surface area (Å²) in [5.74, 6) is 0. The highest BCUT2D eigenvalue weighted by molar-refractivity contribution is 7.80. The zero-order valence-corrected chi connectivity index (χ0v) is 14.4. The van der Waals surface area contributed by atoms with Crippen LogP contribution in [0.5, 0.6) is 0 Å². The molecule has 1 rings (SSSR count). The van der Waals surface area contributed by atoms with E-state index in [4.69, 9.17) is 12.2 Å². The third kappa shape index (κ3) is 8.02. The second kappa shape index (κ2) is 10.6. The molecule has 0 amide bonds. The van der Waals surface area contributed by atoms with Crippen molar-refractivity contribution in [3.05, 3.63) is 18.0 Å². The predicted octanol–water partition coefficient (Wildman–Crippen LogP) is 1.78. The Morgan fingerprint density at radius 2 is 1.90 bits per heavy atom. The fourth-order valence-electron chi connectivity index (χ4n) is 2.14. The molecule has 0 spiro atoms. The maximum absolute atomic E-state index is 5.27. The highest BCUT2D eigenvalue weighted by atomic mass is 32.1. The summed E-state index contributed by atoms with van der Waals surface area (Å²) in [6.45, 7) is 12.5. The van der Waals surface area contributed by atoms with Gasteiger partial charge >= 0.3 is 0 Å². The van der Waals surface area contributed by atoms with Gasteiger partial charge in [-0.1, -0.05) is 13.8 Å². The Morgan fingerprint density at radius 1 is 1.24 bits per heavy atom. The van der Waals surface area contributed by atoms with Gasteiger partial charge in [-0.15, -0.1) is 0 Å². The first kappa shape index (κ1) is 17.9. The Balaban J connectivity index is 1.98. The quantitative estimate of drug-likeness (QED) is 0.509. The fraction of sp³-hybridized carbons (Fsp3) is 0.733. The number of hydrogen-bond donors (Lipinski definition) is 2. The van der Waals surface area contributed by atoms with Crippen LogP contribution in [-0.4, -0.2) is 52.5 Å². The van der Waals surface area contributed by atoms with Crippen LogP contribution in [0.3, 0.4) is 0 Å². The highest BCUT2D eigenvalue weighted by Gasteiger charge is 1.99. The van der Waals surface area contributed by atoms with Gasteiger partial charge in [0.1, 0.15) is 0 Å². The molecule has 0 atom stereocenters. The molecular formula is C15H29N5S. The smallest absolute Gasteiger partial charge is 0.166 e. The summed E-state index contributed by atoms with van der Waals surface area (Å²) in [5.41, 5.74) is 1.06. The molecule has 0 radical (unpaired) electrons. The van der Waals surface area contributed by atoms with E-state index in [1.54, 1.807) is 0 Å². The van der Waals surface area contributed by atoms with Gasteiger partial charge in [0.25, 0.3) is 0 Å². The van der Waals surface area contributed by atoms with Gasteiger partial charge < -0.3 is 15.5 Å². The molecule has 2 N–H and O–H groups in total. The first-order valence-electron chi connectivity index (χ1n) is 7.89. The van der Waals surface area contributed by atoms with Crippen molar-refractivity contribution in [2.75, 3.05) is 32.7 Å². The van der Waals surface area contributed by atoms with Crippen LogP contribution >= 0.6 is 12.2 Å². The average Bonchev–Trinajstić information content (AvgIpc) is 2.89. The fourth-order valence-corrected chi connectivity index (χ4v) is 2.34. The predicted molar refractivity (Wildman–Crippen MR) is 92.6 cm³/mol. The van der Waals surface area contributed by atoms with E-state index in [0.717, 1.165) is 62.9 Å². The van der Waals surface area contributed by atoms with E-state index in [1.807, 2.05) is 23.9 Å². The molecule has 0 aliphatic carbocycles. The topological polar surface area (TPSA) is 45.1 Å². The number of nitrogens with zero attached hydrogens (tertiary/aromatic N) is 3. The Kier molecular flexibility index (Phi) is 9.01. The van der Waals surface area contributed by atoms with Gasteiger partial charge in [-0.05, 0) is 57.7 Å². The summed E-state index contributed by atoms with van der Waals surface area (Å²) >= 11 is 5.27. The lowest BCUT2D eigenvalue weighted by atomic mass is 10.3. The van der Waals surface area contributed by atoms with E-state index in [2.05, 4.69) is 34.5 Å². The first-order valence-corrected chi connectivity index (χ1v) is 8.30. The lowest BCUT2D eigenvalue weighted by molar-refractivity contribution is 0.300. The Morgan fingerprint density at radius 3 is 2.48 bits per heavy atom. The Hall–Kier alpha value is -1.14. The van der Waals surface area contributed by atoms with Gasteiger partial charge in [0, 0.05) is 25.8 Å². The van der Waals surface area contributed by atoms with Gasteiger partial charge in [-0.3, -0.25) is 4.68 Å². The third-order valence-corrected chi connectivity index (χ3v) is 3.74. The zero-order valence-electron chi connectivity index (χ0n) is 13.6. The number of nitrogens with one attached hydrogen (secondary N) is 2. The molecule has 0 unspecified atom stereocenters. The minimum absolute atomic E-state index is 0.756. The van der Waals surface area contributed by atoms with Crippen LogP contribution in [-0.2, 0) is 6.54 Å². The van der Waals surface area contributed by atoms with Crippen LogP contribution in [0, 0.1) is 6.92 Å². The molecule has 120 valence electrons. The molecule has 1 aromatic rings. The minimum atomic E-state index is 0.756. The van der Waals surface area contributed by atoms with Crippen molar-refractivity contribution in [1.82, 2.24) is 25.3 Å². The molecule has 6 heteroatoms. The van der Waals surface area contributed by atoms with E-state index in [1.165, 1.54) is 0 Å². The molecule has 5 nitrogen and oxygen atoms in total. The van der Waals surface area contributed by atoms with Crippen molar-refractivity contribution in [2.45, 2.75) is 40.2 Å². The molecule has 0 aliphatic rings. The number of thiocarbonyl (C=S) groups is 1. The Labute approximate surface area is 134 Å². The van der Waals surface area contributed by atoms with Gasteiger partial charge in [0.15, 0.2) is 5.11 Å². The summed E-state index contributed by atoms with van der Waals surface area (Å²) in [6, 6.07) is 2.02. The van der Waals surface area contributed by atoms with E-state index in [-0.39, 0.29) is 0 Å². The van der Waals surface area contributed by atoms with Crippen LogP contribution in [0.2, 0.25) is 0 Å². The standard InChI is InChI=1S/C15H29N5S/c1-4-19(5-2)11-6-9-16-15(21)17-10-7-12-20-13-8-14(3)18-20/h8,13H,4-7,9-12H2,1-3H3,(H2,16,17,21). The van der Waals surface area contributed by atoms with Crippen molar-refractivity contribution >= 4 is 17.3 Å². The van der Waals surface area contributed by atoms with Crippen molar-refractivity contribution in [3.63, 3.8) is 0 Å². The SMILES string of the molecule is CCN(CC)CCCNC(=S)NCCCn1ccc(C)n1. The van der Waals surface area contributed by atoms with Crippen LogP contribution in [0.4, 0.5) is 0 Å². The van der Waals surface area contributed by atoms with Crippen LogP contribution < -0.4 is 10.6 Å².